The highest BCUT2D eigenvalue weighted by Gasteiger charge is 2.22. The fourth-order valence-corrected chi connectivity index (χ4v) is 4.30. The Kier molecular flexibility index (Phi) is 7.48. The maximum Gasteiger partial charge on any atom is 0.263 e. The lowest BCUT2D eigenvalue weighted by Crippen LogP contribution is -2.25. The fraction of sp³-hybridized carbons (Fsp3) is 0.360. The van der Waals surface area contributed by atoms with Crippen molar-refractivity contribution in [2.75, 3.05) is 5.32 Å². The number of hydrogen-bond acceptors (Lipinski definition) is 3. The molecule has 0 aliphatic carbocycles. The minimum atomic E-state index is -0.396. The highest BCUT2D eigenvalue weighted by molar-refractivity contribution is 9.10. The third-order valence-electron chi connectivity index (χ3n) is 5.37. The predicted molar refractivity (Wildman–Crippen MR) is 127 cm³/mol. The lowest BCUT2D eigenvalue weighted by Gasteiger charge is -2.16. The Morgan fingerprint density at radius 1 is 1.03 bits per heavy atom. The highest BCUT2D eigenvalue weighted by Crippen LogP contribution is 2.28. The molecule has 0 aliphatic heterocycles. The minimum Gasteiger partial charge on any atom is -0.460 e. The molecule has 1 aromatic heterocycles. The smallest absolute Gasteiger partial charge is 0.263 e. The third kappa shape index (κ3) is 4.67. The van der Waals surface area contributed by atoms with Crippen molar-refractivity contribution in [2.24, 2.45) is 0 Å². The summed E-state index contributed by atoms with van der Waals surface area (Å²) in [5.41, 5.74) is 3.24. The van der Waals surface area contributed by atoms with Crippen molar-refractivity contribution < 1.29 is 9.21 Å². The molecule has 1 heterocycles. The lowest BCUT2D eigenvalue weighted by molar-refractivity contribution is 0.102. The van der Waals surface area contributed by atoms with E-state index in [1.807, 2.05) is 18.2 Å². The molecule has 3 rings (SSSR count). The van der Waals surface area contributed by atoms with Crippen molar-refractivity contribution in [2.45, 2.75) is 59.3 Å². The summed E-state index contributed by atoms with van der Waals surface area (Å²) < 4.78 is 7.03. The van der Waals surface area contributed by atoms with Crippen molar-refractivity contribution in [1.29, 1.82) is 0 Å². The number of carbonyl (C=O) groups excluding carboxylic acids is 1. The van der Waals surface area contributed by atoms with Gasteiger partial charge in [0.15, 0.2) is 0 Å². The van der Waals surface area contributed by atoms with Crippen LogP contribution in [0.4, 0.5) is 5.69 Å². The van der Waals surface area contributed by atoms with E-state index in [1.165, 1.54) is 0 Å². The van der Waals surface area contributed by atoms with Gasteiger partial charge >= 0.3 is 0 Å². The molecule has 1 N–H and O–H groups in total. The number of hydrogen-bond donors (Lipinski definition) is 1. The van der Waals surface area contributed by atoms with Crippen LogP contribution in [0, 0.1) is 0 Å². The molecule has 0 radical (unpaired) electrons. The van der Waals surface area contributed by atoms with Gasteiger partial charge in [-0.2, -0.15) is 0 Å². The number of para-hydroxylation sites is 1. The molecule has 0 fully saturated rings. The number of carbonyl (C=O) groups is 1. The van der Waals surface area contributed by atoms with Crippen LogP contribution in [-0.4, -0.2) is 5.91 Å². The van der Waals surface area contributed by atoms with Gasteiger partial charge in [-0.1, -0.05) is 61.7 Å². The Morgan fingerprint density at radius 2 is 1.70 bits per heavy atom. The quantitative estimate of drug-likeness (QED) is 0.374. The first-order valence-electron chi connectivity index (χ1n) is 10.7. The molecule has 0 spiro atoms. The molecule has 0 unspecified atom stereocenters. The molecule has 0 bridgehead atoms. The molecule has 2 aromatic carbocycles. The summed E-state index contributed by atoms with van der Waals surface area (Å²) in [5, 5.41) is 3.48. The molecular weight excluding hydrogens is 442 g/mol. The average Bonchev–Trinajstić information content (AvgIpc) is 2.74. The topological polar surface area (TPSA) is 59.3 Å². The van der Waals surface area contributed by atoms with Crippen LogP contribution in [0.2, 0.25) is 0 Å². The van der Waals surface area contributed by atoms with Gasteiger partial charge in [-0.3, -0.25) is 9.59 Å². The summed E-state index contributed by atoms with van der Waals surface area (Å²) in [4.78, 5) is 26.6. The number of unbranched alkanes of at least 4 members (excludes halogenated alkanes) is 2. The van der Waals surface area contributed by atoms with Crippen LogP contribution in [0.15, 0.2) is 50.1 Å². The van der Waals surface area contributed by atoms with Crippen LogP contribution >= 0.6 is 15.9 Å². The Labute approximate surface area is 185 Å². The molecule has 0 saturated heterocycles. The fourth-order valence-electron chi connectivity index (χ4n) is 3.75. The Bertz CT molecular complexity index is 1090. The number of fused-ring (bicyclic) bond motifs is 1. The van der Waals surface area contributed by atoms with E-state index in [9.17, 15) is 9.59 Å². The minimum absolute atomic E-state index is 0.122. The summed E-state index contributed by atoms with van der Waals surface area (Å²) in [6.45, 7) is 6.23. The largest absolute Gasteiger partial charge is 0.460 e. The molecule has 158 valence electrons. The third-order valence-corrected chi connectivity index (χ3v) is 5.83. The van der Waals surface area contributed by atoms with Gasteiger partial charge in [0, 0.05) is 16.6 Å². The standard InChI is InChI=1S/C25H28BrNO3/c1-4-7-8-13-21-22(24(28)19-11-9-10-12-20(19)30-21)25(29)27-23-16(5-2)14-18(26)15-17(23)6-3/h9-12,14-15H,4-8,13H2,1-3H3,(H,27,29). The first-order valence-corrected chi connectivity index (χ1v) is 11.5. The van der Waals surface area contributed by atoms with Crippen LogP contribution in [0.3, 0.4) is 0 Å². The van der Waals surface area contributed by atoms with Crippen molar-refractivity contribution >= 4 is 38.5 Å². The van der Waals surface area contributed by atoms with E-state index in [0.29, 0.717) is 23.2 Å². The van der Waals surface area contributed by atoms with Gasteiger partial charge in [0.2, 0.25) is 5.43 Å². The van der Waals surface area contributed by atoms with Gasteiger partial charge in [-0.25, -0.2) is 0 Å². The molecule has 30 heavy (non-hydrogen) atoms. The second kappa shape index (κ2) is 10.1. The van der Waals surface area contributed by atoms with E-state index in [2.05, 4.69) is 42.0 Å². The average molecular weight is 470 g/mol. The van der Waals surface area contributed by atoms with Gasteiger partial charge < -0.3 is 9.73 Å². The van der Waals surface area contributed by atoms with Crippen molar-refractivity contribution in [3.63, 3.8) is 0 Å². The van der Waals surface area contributed by atoms with E-state index >= 15 is 0 Å². The van der Waals surface area contributed by atoms with E-state index < -0.39 is 5.91 Å². The SMILES string of the molecule is CCCCCc1oc2ccccc2c(=O)c1C(=O)Nc1c(CC)cc(Br)cc1CC. The Hall–Kier alpha value is -2.40. The molecular formula is C25H28BrNO3. The number of halogens is 1. The summed E-state index contributed by atoms with van der Waals surface area (Å²) in [6.07, 6.45) is 5.06. The van der Waals surface area contributed by atoms with Crippen LogP contribution < -0.4 is 10.7 Å². The van der Waals surface area contributed by atoms with Gasteiger partial charge in [-0.15, -0.1) is 0 Å². The maximum atomic E-state index is 13.4. The number of aryl methyl sites for hydroxylation is 3. The summed E-state index contributed by atoms with van der Waals surface area (Å²) >= 11 is 3.55. The number of anilines is 1. The van der Waals surface area contributed by atoms with Crippen molar-refractivity contribution in [3.05, 3.63) is 73.5 Å². The lowest BCUT2D eigenvalue weighted by atomic mass is 10.0. The maximum absolute atomic E-state index is 13.4. The van der Waals surface area contributed by atoms with Crippen LogP contribution in [-0.2, 0) is 19.3 Å². The molecule has 0 saturated carbocycles. The first-order chi connectivity index (χ1) is 14.5. The van der Waals surface area contributed by atoms with E-state index in [1.54, 1.807) is 18.2 Å². The Morgan fingerprint density at radius 3 is 2.33 bits per heavy atom. The molecule has 1 amide bonds. The predicted octanol–water partition coefficient (Wildman–Crippen LogP) is 6.67. The first kappa shape index (κ1) is 22.3. The summed E-state index contributed by atoms with van der Waals surface area (Å²) in [5.74, 6) is 0.0746. The highest BCUT2D eigenvalue weighted by atomic mass is 79.9. The van der Waals surface area contributed by atoms with E-state index in [4.69, 9.17) is 4.42 Å². The second-order valence-corrected chi connectivity index (χ2v) is 8.36. The van der Waals surface area contributed by atoms with Gasteiger partial charge in [0.05, 0.1) is 5.39 Å². The number of nitrogens with one attached hydrogen (secondary N) is 1. The van der Waals surface area contributed by atoms with Gasteiger partial charge in [0.1, 0.15) is 16.9 Å². The van der Waals surface area contributed by atoms with E-state index in [-0.39, 0.29) is 11.0 Å². The monoisotopic (exact) mass is 469 g/mol. The second-order valence-electron chi connectivity index (χ2n) is 7.44. The zero-order valence-electron chi connectivity index (χ0n) is 17.8. The molecule has 3 aromatic rings. The molecule has 5 heteroatoms. The van der Waals surface area contributed by atoms with Crippen molar-refractivity contribution in [3.8, 4) is 0 Å². The number of amides is 1. The van der Waals surface area contributed by atoms with Gasteiger partial charge in [0.25, 0.3) is 5.91 Å². The van der Waals surface area contributed by atoms with Gasteiger partial charge in [-0.05, 0) is 54.7 Å². The van der Waals surface area contributed by atoms with Crippen LogP contribution in [0.25, 0.3) is 11.0 Å². The molecule has 4 nitrogen and oxygen atoms in total. The zero-order chi connectivity index (χ0) is 21.7. The normalized spacial score (nSPS) is 11.1. The van der Waals surface area contributed by atoms with Crippen LogP contribution in [0.1, 0.15) is 67.3 Å². The molecule has 0 aliphatic rings. The summed E-state index contributed by atoms with van der Waals surface area (Å²) in [7, 11) is 0. The Balaban J connectivity index is 2.09. The van der Waals surface area contributed by atoms with E-state index in [0.717, 1.165) is 53.4 Å². The van der Waals surface area contributed by atoms with Crippen molar-refractivity contribution in [1.82, 2.24) is 0 Å². The number of rotatable bonds is 8. The molecule has 0 atom stereocenters. The zero-order valence-corrected chi connectivity index (χ0v) is 19.4. The van der Waals surface area contributed by atoms with Crippen LogP contribution in [0.5, 0.6) is 0 Å². The summed E-state index contributed by atoms with van der Waals surface area (Å²) in [6, 6.07) is 11.1. The number of benzene rings is 2.